The summed E-state index contributed by atoms with van der Waals surface area (Å²) in [6.45, 7) is 2.16. The molecule has 1 aromatic rings. The fourth-order valence-electron chi connectivity index (χ4n) is 2.66. The van der Waals surface area contributed by atoms with E-state index < -0.39 is 0 Å². The molecular formula is C11H16N4. The van der Waals surface area contributed by atoms with E-state index in [-0.39, 0.29) is 0 Å². The molecule has 1 unspecified atom stereocenters. The normalized spacial score (nSPS) is 30.3. The first-order chi connectivity index (χ1) is 7.43. The zero-order chi connectivity index (χ0) is 9.83. The second-order valence-electron chi connectivity index (χ2n) is 5.11. The molecule has 3 aliphatic rings. The highest BCUT2D eigenvalue weighted by atomic mass is 15.3. The van der Waals surface area contributed by atoms with Crippen molar-refractivity contribution in [1.29, 1.82) is 0 Å². The van der Waals surface area contributed by atoms with E-state index in [1.165, 1.54) is 37.3 Å². The highest BCUT2D eigenvalue weighted by Crippen LogP contribution is 2.44. The van der Waals surface area contributed by atoms with Crippen LogP contribution in [0.25, 0.3) is 0 Å². The van der Waals surface area contributed by atoms with E-state index >= 15 is 0 Å². The molecule has 1 aliphatic heterocycles. The average Bonchev–Trinajstić information content (AvgIpc) is 3.14. The Balaban J connectivity index is 1.74. The van der Waals surface area contributed by atoms with Gasteiger partial charge in [0.2, 0.25) is 0 Å². The summed E-state index contributed by atoms with van der Waals surface area (Å²) in [6.07, 6.45) is 5.37. The Morgan fingerprint density at radius 1 is 1.07 bits per heavy atom. The van der Waals surface area contributed by atoms with Crippen molar-refractivity contribution >= 4 is 0 Å². The maximum Gasteiger partial charge on any atom is 0.150 e. The van der Waals surface area contributed by atoms with E-state index in [0.717, 1.165) is 24.9 Å². The lowest BCUT2D eigenvalue weighted by Crippen LogP contribution is -2.35. The lowest BCUT2D eigenvalue weighted by molar-refractivity contribution is 0.377. The quantitative estimate of drug-likeness (QED) is 0.787. The van der Waals surface area contributed by atoms with Gasteiger partial charge < -0.3 is 9.88 Å². The molecule has 4 nitrogen and oxygen atoms in total. The van der Waals surface area contributed by atoms with Crippen molar-refractivity contribution in [2.75, 3.05) is 6.54 Å². The molecular weight excluding hydrogens is 188 g/mol. The highest BCUT2D eigenvalue weighted by Gasteiger charge is 2.39. The van der Waals surface area contributed by atoms with Crippen LogP contribution in [0.4, 0.5) is 0 Å². The summed E-state index contributed by atoms with van der Waals surface area (Å²) in [4.78, 5) is 0. The SMILES string of the molecule is C1Cn2c(C3CC3)nnc2C(C2CC2)N1. The molecule has 15 heavy (non-hydrogen) atoms. The topological polar surface area (TPSA) is 42.7 Å². The molecule has 1 N–H and O–H groups in total. The van der Waals surface area contributed by atoms with E-state index in [9.17, 15) is 0 Å². The van der Waals surface area contributed by atoms with E-state index in [1.54, 1.807) is 0 Å². The molecule has 2 saturated carbocycles. The van der Waals surface area contributed by atoms with Crippen LogP contribution in [0, 0.1) is 5.92 Å². The number of hydrogen-bond donors (Lipinski definition) is 1. The zero-order valence-corrected chi connectivity index (χ0v) is 8.82. The molecule has 4 heteroatoms. The molecule has 2 heterocycles. The second-order valence-corrected chi connectivity index (χ2v) is 5.11. The van der Waals surface area contributed by atoms with Crippen molar-refractivity contribution in [1.82, 2.24) is 20.1 Å². The van der Waals surface area contributed by atoms with Crippen LogP contribution in [-0.2, 0) is 6.54 Å². The van der Waals surface area contributed by atoms with Gasteiger partial charge in [-0.2, -0.15) is 0 Å². The standard InChI is InChI=1S/C11H16N4/c1-2-7(1)9-11-14-13-10(8-3-4-8)15(11)6-5-12-9/h7-9,12H,1-6H2. The van der Waals surface area contributed by atoms with Crippen LogP contribution >= 0.6 is 0 Å². The summed E-state index contributed by atoms with van der Waals surface area (Å²) >= 11 is 0. The summed E-state index contributed by atoms with van der Waals surface area (Å²) in [5.41, 5.74) is 0. The van der Waals surface area contributed by atoms with Crippen molar-refractivity contribution in [3.8, 4) is 0 Å². The van der Waals surface area contributed by atoms with Gasteiger partial charge in [0.25, 0.3) is 0 Å². The van der Waals surface area contributed by atoms with Gasteiger partial charge in [-0.3, -0.25) is 0 Å². The Bertz CT molecular complexity index is 389. The summed E-state index contributed by atoms with van der Waals surface area (Å²) in [6, 6.07) is 0.499. The predicted octanol–water partition coefficient (Wildman–Crippen LogP) is 1.21. The molecule has 1 aromatic heterocycles. The number of aromatic nitrogens is 3. The predicted molar refractivity (Wildman–Crippen MR) is 55.5 cm³/mol. The van der Waals surface area contributed by atoms with E-state index in [4.69, 9.17) is 0 Å². The smallest absolute Gasteiger partial charge is 0.150 e. The van der Waals surface area contributed by atoms with Crippen LogP contribution in [0.3, 0.4) is 0 Å². The summed E-state index contributed by atoms with van der Waals surface area (Å²) in [5.74, 6) is 4.03. The molecule has 0 bridgehead atoms. The largest absolute Gasteiger partial charge is 0.312 e. The first kappa shape index (κ1) is 8.28. The zero-order valence-electron chi connectivity index (χ0n) is 8.82. The van der Waals surface area contributed by atoms with Gasteiger partial charge in [-0.25, -0.2) is 0 Å². The Morgan fingerprint density at radius 2 is 1.87 bits per heavy atom. The Kier molecular flexibility index (Phi) is 1.55. The number of rotatable bonds is 2. The van der Waals surface area contributed by atoms with Crippen LogP contribution in [0.1, 0.15) is 49.3 Å². The van der Waals surface area contributed by atoms with Crippen molar-refractivity contribution in [2.45, 2.75) is 44.2 Å². The third-order valence-electron chi connectivity index (χ3n) is 3.82. The minimum Gasteiger partial charge on any atom is -0.312 e. The second kappa shape index (κ2) is 2.82. The molecule has 2 aliphatic carbocycles. The minimum absolute atomic E-state index is 0.499. The number of nitrogens with one attached hydrogen (secondary N) is 1. The molecule has 0 amide bonds. The van der Waals surface area contributed by atoms with Crippen LogP contribution in [0.2, 0.25) is 0 Å². The average molecular weight is 204 g/mol. The summed E-state index contributed by atoms with van der Waals surface area (Å²) in [7, 11) is 0. The van der Waals surface area contributed by atoms with Crippen LogP contribution in [-0.4, -0.2) is 21.3 Å². The Morgan fingerprint density at radius 3 is 2.60 bits per heavy atom. The maximum absolute atomic E-state index is 4.41. The number of nitrogens with zero attached hydrogens (tertiary/aromatic N) is 3. The van der Waals surface area contributed by atoms with Gasteiger partial charge in [-0.05, 0) is 31.6 Å². The molecule has 2 fully saturated rings. The lowest BCUT2D eigenvalue weighted by Gasteiger charge is -2.24. The maximum atomic E-state index is 4.41. The van der Waals surface area contributed by atoms with Gasteiger partial charge in [0.05, 0.1) is 6.04 Å². The van der Waals surface area contributed by atoms with Gasteiger partial charge in [-0.15, -0.1) is 10.2 Å². The fourth-order valence-corrected chi connectivity index (χ4v) is 2.66. The lowest BCUT2D eigenvalue weighted by atomic mass is 10.1. The molecule has 1 atom stereocenters. The van der Waals surface area contributed by atoms with Crippen molar-refractivity contribution in [3.63, 3.8) is 0 Å². The van der Waals surface area contributed by atoms with Crippen molar-refractivity contribution < 1.29 is 0 Å². The van der Waals surface area contributed by atoms with Crippen molar-refractivity contribution in [3.05, 3.63) is 11.6 Å². The van der Waals surface area contributed by atoms with E-state index in [1.807, 2.05) is 0 Å². The Hall–Kier alpha value is -0.900. The van der Waals surface area contributed by atoms with E-state index in [0.29, 0.717) is 6.04 Å². The number of hydrogen-bond acceptors (Lipinski definition) is 3. The fraction of sp³-hybridized carbons (Fsp3) is 0.818. The highest BCUT2D eigenvalue weighted by molar-refractivity contribution is 5.14. The summed E-state index contributed by atoms with van der Waals surface area (Å²) < 4.78 is 2.39. The van der Waals surface area contributed by atoms with Gasteiger partial charge in [0.1, 0.15) is 5.82 Å². The van der Waals surface area contributed by atoms with Gasteiger partial charge in [0, 0.05) is 19.0 Å². The third-order valence-corrected chi connectivity index (χ3v) is 3.82. The van der Waals surface area contributed by atoms with Crippen LogP contribution in [0.5, 0.6) is 0 Å². The molecule has 0 aromatic carbocycles. The first-order valence-electron chi connectivity index (χ1n) is 6.10. The molecule has 0 saturated heterocycles. The molecule has 0 radical (unpaired) electrons. The van der Waals surface area contributed by atoms with Crippen molar-refractivity contribution in [2.24, 2.45) is 5.92 Å². The molecule has 0 spiro atoms. The monoisotopic (exact) mass is 204 g/mol. The van der Waals surface area contributed by atoms with Gasteiger partial charge >= 0.3 is 0 Å². The van der Waals surface area contributed by atoms with E-state index in [2.05, 4.69) is 20.1 Å². The number of fused-ring (bicyclic) bond motifs is 1. The van der Waals surface area contributed by atoms with Crippen LogP contribution < -0.4 is 5.32 Å². The Labute approximate surface area is 89.1 Å². The van der Waals surface area contributed by atoms with Crippen LogP contribution in [0.15, 0.2) is 0 Å². The minimum atomic E-state index is 0.499. The van der Waals surface area contributed by atoms with Gasteiger partial charge in [0.15, 0.2) is 5.82 Å². The summed E-state index contributed by atoms with van der Waals surface area (Å²) in [5, 5.41) is 12.4. The first-order valence-corrected chi connectivity index (χ1v) is 6.10. The van der Waals surface area contributed by atoms with Gasteiger partial charge in [-0.1, -0.05) is 0 Å². The molecule has 4 rings (SSSR count). The molecule has 80 valence electrons. The third kappa shape index (κ3) is 1.24.